The molecule has 10 nitrogen and oxygen atoms in total. The molecule has 6 N–H and O–H groups in total. The van der Waals surface area contributed by atoms with Gasteiger partial charge in [0, 0.05) is 30.2 Å². The minimum atomic E-state index is -1.32. The number of ketones is 1. The van der Waals surface area contributed by atoms with Gasteiger partial charge in [0.2, 0.25) is 17.6 Å². The highest BCUT2D eigenvalue weighted by Gasteiger charge is 2.62. The number of aromatic nitrogens is 1. The van der Waals surface area contributed by atoms with Gasteiger partial charge in [-0.15, -0.1) is 6.42 Å². The number of likely N-dealkylation sites (tertiary alicyclic amines) is 1. The molecule has 1 saturated heterocycles. The number of allylic oxidation sites excluding steroid dienone is 2. The van der Waals surface area contributed by atoms with Gasteiger partial charge in [0.15, 0.2) is 0 Å². The number of carbonyl (C=O) groups excluding carboxylic acids is 4. The fourth-order valence-corrected chi connectivity index (χ4v) is 7.59. The van der Waals surface area contributed by atoms with Crippen LogP contribution in [0.2, 0.25) is 0 Å². The van der Waals surface area contributed by atoms with Crippen molar-refractivity contribution in [1.82, 2.24) is 15.2 Å². The lowest BCUT2D eigenvalue weighted by molar-refractivity contribution is -0.124. The van der Waals surface area contributed by atoms with E-state index >= 15 is 0 Å². The molecule has 0 spiro atoms. The molecule has 212 valence electrons. The largest absolute Gasteiger partial charge is 0.370 e. The molecule has 1 aromatic heterocycles. The molecule has 2 saturated carbocycles. The number of hydrogen-bond donors (Lipinski definition) is 4. The third-order valence-electron chi connectivity index (χ3n) is 9.38. The molecule has 1 aliphatic heterocycles. The van der Waals surface area contributed by atoms with Crippen molar-refractivity contribution >= 4 is 23.5 Å². The quantitative estimate of drug-likeness (QED) is 0.188. The molecular formula is C30H37N5O5. The van der Waals surface area contributed by atoms with Crippen molar-refractivity contribution in [3.05, 3.63) is 44.9 Å². The van der Waals surface area contributed by atoms with Crippen LogP contribution in [0.5, 0.6) is 0 Å². The SMILES string of the molecule is C#CC(=O)/C=C(\C(C)C)C12Cc3[nH]c(=O)c(C(=O)NC(CC(N)=O)C(N)=O)cc3CC1C1C(CN1CC1CC1)C2. The minimum Gasteiger partial charge on any atom is -0.370 e. The van der Waals surface area contributed by atoms with Crippen molar-refractivity contribution in [3.63, 3.8) is 0 Å². The molecule has 0 aromatic carbocycles. The zero-order chi connectivity index (χ0) is 28.9. The molecule has 1 aromatic rings. The predicted molar refractivity (Wildman–Crippen MR) is 148 cm³/mol. The molecule has 5 rings (SSSR count). The van der Waals surface area contributed by atoms with Crippen molar-refractivity contribution in [3.8, 4) is 12.3 Å². The smallest absolute Gasteiger partial charge is 0.261 e. The predicted octanol–water partition coefficient (Wildman–Crippen LogP) is 0.434. The first-order chi connectivity index (χ1) is 18.9. The number of amides is 3. The standard InChI is InChI=1S/C30H37N5O5/c1-4-19(36)9-21(15(2)3)30-11-18-14-35(13-16-5-6-16)26(18)22(30)8-17-7-20(29(40)34-24(17)12-30)28(39)33-23(27(32)38)10-25(31)37/h1,7,9,15-16,18,22-23,26H,5-6,8,10-14H2,2-3H3,(H2,31,37)(H2,32,38)(H,33,39)(H,34,40)/b21-9+. The fourth-order valence-electron chi connectivity index (χ4n) is 7.59. The Hall–Kier alpha value is -3.71. The number of aromatic amines is 1. The van der Waals surface area contributed by atoms with Crippen LogP contribution in [0.1, 0.15) is 61.1 Å². The molecule has 0 radical (unpaired) electrons. The lowest BCUT2D eigenvalue weighted by Gasteiger charge is -2.50. The maximum Gasteiger partial charge on any atom is 0.261 e. The highest BCUT2D eigenvalue weighted by atomic mass is 16.2. The van der Waals surface area contributed by atoms with E-state index in [-0.39, 0.29) is 28.6 Å². The average molecular weight is 548 g/mol. The highest BCUT2D eigenvalue weighted by Crippen LogP contribution is 2.62. The van der Waals surface area contributed by atoms with Gasteiger partial charge in [-0.05, 0) is 79.4 Å². The number of hydrogen-bond acceptors (Lipinski definition) is 6. The van der Waals surface area contributed by atoms with Crippen LogP contribution in [0, 0.1) is 41.4 Å². The lowest BCUT2D eigenvalue weighted by Crippen LogP contribution is -2.58. The molecule has 3 amide bonds. The summed E-state index contributed by atoms with van der Waals surface area (Å²) < 4.78 is 0. The van der Waals surface area contributed by atoms with Crippen molar-refractivity contribution in [2.24, 2.45) is 40.6 Å². The first kappa shape index (κ1) is 27.8. The molecule has 40 heavy (non-hydrogen) atoms. The van der Waals surface area contributed by atoms with E-state index in [1.54, 1.807) is 12.1 Å². The summed E-state index contributed by atoms with van der Waals surface area (Å²) in [6.07, 6.45) is 11.3. The van der Waals surface area contributed by atoms with E-state index in [4.69, 9.17) is 17.9 Å². The second kappa shape index (κ2) is 10.4. The van der Waals surface area contributed by atoms with Crippen molar-refractivity contribution in [2.45, 2.75) is 64.5 Å². The van der Waals surface area contributed by atoms with E-state index < -0.39 is 35.7 Å². The molecule has 2 heterocycles. The van der Waals surface area contributed by atoms with Crippen LogP contribution in [0.25, 0.3) is 0 Å². The Morgan fingerprint density at radius 3 is 2.60 bits per heavy atom. The zero-order valence-corrected chi connectivity index (χ0v) is 23.0. The molecule has 0 bridgehead atoms. The van der Waals surface area contributed by atoms with Crippen LogP contribution in [0.15, 0.2) is 22.5 Å². The summed E-state index contributed by atoms with van der Waals surface area (Å²) in [5, 5.41) is 2.38. The number of primary amides is 2. The van der Waals surface area contributed by atoms with Gasteiger partial charge in [0.1, 0.15) is 11.6 Å². The van der Waals surface area contributed by atoms with Crippen molar-refractivity contribution in [2.75, 3.05) is 13.1 Å². The highest BCUT2D eigenvalue weighted by molar-refractivity contribution is 6.04. The molecule has 10 heteroatoms. The molecule has 3 aliphatic carbocycles. The number of rotatable bonds is 10. The van der Waals surface area contributed by atoms with Crippen LogP contribution in [0.4, 0.5) is 0 Å². The van der Waals surface area contributed by atoms with E-state index in [0.29, 0.717) is 24.8 Å². The summed E-state index contributed by atoms with van der Waals surface area (Å²) in [7, 11) is 0. The van der Waals surface area contributed by atoms with Gasteiger partial charge in [-0.2, -0.15) is 0 Å². The van der Waals surface area contributed by atoms with Gasteiger partial charge in [0.25, 0.3) is 11.5 Å². The van der Waals surface area contributed by atoms with Gasteiger partial charge < -0.3 is 21.8 Å². The van der Waals surface area contributed by atoms with E-state index in [0.717, 1.165) is 42.3 Å². The van der Waals surface area contributed by atoms with Crippen LogP contribution in [-0.2, 0) is 27.2 Å². The van der Waals surface area contributed by atoms with Crippen LogP contribution in [0.3, 0.4) is 0 Å². The van der Waals surface area contributed by atoms with Gasteiger partial charge in [-0.3, -0.25) is 28.9 Å². The second-order valence-corrected chi connectivity index (χ2v) is 12.4. The van der Waals surface area contributed by atoms with Crippen LogP contribution < -0.4 is 22.3 Å². The van der Waals surface area contributed by atoms with E-state index in [1.807, 2.05) is 0 Å². The average Bonchev–Trinajstić information content (AvgIpc) is 3.65. The topological polar surface area (TPSA) is 168 Å². The normalized spacial score (nSPS) is 27.9. The third-order valence-corrected chi connectivity index (χ3v) is 9.38. The Bertz CT molecular complexity index is 1400. The maximum absolute atomic E-state index is 13.1. The molecule has 5 atom stereocenters. The molecule has 5 unspecified atom stereocenters. The zero-order valence-electron chi connectivity index (χ0n) is 23.0. The summed E-state index contributed by atoms with van der Waals surface area (Å²) in [5.41, 5.74) is 12.1. The number of nitrogens with zero attached hydrogens (tertiary/aromatic N) is 1. The second-order valence-electron chi connectivity index (χ2n) is 12.4. The summed E-state index contributed by atoms with van der Waals surface area (Å²) >= 11 is 0. The monoisotopic (exact) mass is 547 g/mol. The molecule has 4 aliphatic rings. The number of fused-ring (bicyclic) bond motifs is 4. The first-order valence-corrected chi connectivity index (χ1v) is 14.0. The van der Waals surface area contributed by atoms with Crippen molar-refractivity contribution < 1.29 is 19.2 Å². The third kappa shape index (κ3) is 4.99. The van der Waals surface area contributed by atoms with Crippen molar-refractivity contribution in [1.29, 1.82) is 0 Å². The molecular weight excluding hydrogens is 510 g/mol. The number of nitrogens with one attached hydrogen (secondary N) is 2. The van der Waals surface area contributed by atoms with Crippen LogP contribution >= 0.6 is 0 Å². The van der Waals surface area contributed by atoms with Gasteiger partial charge in [0.05, 0.1) is 6.42 Å². The summed E-state index contributed by atoms with van der Waals surface area (Å²) in [6, 6.07) is 0.635. The lowest BCUT2D eigenvalue weighted by atomic mass is 9.60. The first-order valence-electron chi connectivity index (χ1n) is 14.0. The Labute approximate surface area is 233 Å². The number of pyridine rings is 1. The Balaban J connectivity index is 1.52. The number of H-pyrrole nitrogens is 1. The summed E-state index contributed by atoms with van der Waals surface area (Å²) in [4.78, 5) is 67.2. The Morgan fingerprint density at radius 1 is 1.27 bits per heavy atom. The number of carbonyl (C=O) groups is 4. The number of terminal acetylenes is 1. The van der Waals surface area contributed by atoms with Gasteiger partial charge >= 0.3 is 0 Å². The van der Waals surface area contributed by atoms with E-state index in [9.17, 15) is 24.0 Å². The van der Waals surface area contributed by atoms with E-state index in [2.05, 4.69) is 35.0 Å². The summed E-state index contributed by atoms with van der Waals surface area (Å²) in [5.74, 6) is 0.887. The number of nitrogens with two attached hydrogens (primary N) is 2. The minimum absolute atomic E-state index is 0.0866. The maximum atomic E-state index is 13.1. The Kier molecular flexibility index (Phi) is 7.21. The fraction of sp³-hybridized carbons (Fsp3) is 0.567. The Morgan fingerprint density at radius 2 is 2.00 bits per heavy atom. The summed E-state index contributed by atoms with van der Waals surface area (Å²) in [6.45, 7) is 6.27. The van der Waals surface area contributed by atoms with Gasteiger partial charge in [-0.25, -0.2) is 0 Å². The van der Waals surface area contributed by atoms with Crippen LogP contribution in [-0.4, -0.2) is 58.6 Å². The molecule has 3 fully saturated rings. The van der Waals surface area contributed by atoms with E-state index in [1.165, 1.54) is 12.8 Å². The van der Waals surface area contributed by atoms with Gasteiger partial charge in [-0.1, -0.05) is 19.4 Å².